The van der Waals surface area contributed by atoms with E-state index >= 15 is 0 Å². The topological polar surface area (TPSA) is 38.3 Å². The van der Waals surface area contributed by atoms with Crippen LogP contribution in [-0.4, -0.2) is 19.6 Å². The second-order valence-electron chi connectivity index (χ2n) is 4.81. The summed E-state index contributed by atoms with van der Waals surface area (Å²) in [6.45, 7) is 2.64. The number of benzene rings is 1. The van der Waals surface area contributed by atoms with Gasteiger partial charge in [-0.2, -0.15) is 0 Å². The number of rotatable bonds is 5. The molecule has 0 heterocycles. The van der Waals surface area contributed by atoms with E-state index in [4.69, 9.17) is 4.74 Å². The third-order valence-electron chi connectivity index (χ3n) is 3.30. The van der Waals surface area contributed by atoms with Crippen molar-refractivity contribution in [3.63, 3.8) is 0 Å². The van der Waals surface area contributed by atoms with Gasteiger partial charge < -0.3 is 10.1 Å². The van der Waals surface area contributed by atoms with Crippen molar-refractivity contribution in [1.29, 1.82) is 0 Å². The number of methoxy groups -OCH3 is 1. The average Bonchev–Trinajstić information content (AvgIpc) is 3.17. The Kier molecular flexibility index (Phi) is 3.97. The predicted octanol–water partition coefficient (Wildman–Crippen LogP) is 2.35. The lowest BCUT2D eigenvalue weighted by Gasteiger charge is -2.18. The van der Waals surface area contributed by atoms with E-state index in [1.165, 1.54) is 32.1 Å². The highest BCUT2D eigenvalue weighted by Gasteiger charge is 2.27. The smallest absolute Gasteiger partial charge is 0.327 e. The van der Waals surface area contributed by atoms with E-state index in [0.29, 0.717) is 11.5 Å². The Morgan fingerprint density at radius 2 is 2.28 bits per heavy atom. The number of aryl methyl sites for hydroxylation is 1. The molecule has 0 bridgehead atoms. The van der Waals surface area contributed by atoms with Gasteiger partial charge in [0.25, 0.3) is 0 Å². The van der Waals surface area contributed by atoms with Crippen molar-refractivity contribution >= 4 is 5.97 Å². The van der Waals surface area contributed by atoms with E-state index in [9.17, 15) is 9.18 Å². The van der Waals surface area contributed by atoms with E-state index in [2.05, 4.69) is 5.32 Å². The Hall–Kier alpha value is -1.42. The second-order valence-corrected chi connectivity index (χ2v) is 4.81. The van der Waals surface area contributed by atoms with Crippen LogP contribution in [0.2, 0.25) is 0 Å². The molecule has 1 unspecified atom stereocenters. The summed E-state index contributed by atoms with van der Waals surface area (Å²) < 4.78 is 18.1. The number of ether oxygens (including phenoxy) is 1. The number of hydrogen-bond acceptors (Lipinski definition) is 3. The number of nitrogens with one attached hydrogen (secondary N) is 1. The number of carbonyl (C=O) groups excluding carboxylic acids is 1. The Balaban J connectivity index is 2.19. The number of hydrogen-bond donors (Lipinski definition) is 1. The molecule has 1 fully saturated rings. The fourth-order valence-corrected chi connectivity index (χ4v) is 1.97. The largest absolute Gasteiger partial charge is 0.468 e. The first-order chi connectivity index (χ1) is 8.61. The van der Waals surface area contributed by atoms with E-state index in [1.54, 1.807) is 6.07 Å². The van der Waals surface area contributed by atoms with Crippen molar-refractivity contribution in [3.8, 4) is 0 Å². The van der Waals surface area contributed by atoms with Gasteiger partial charge in [0.1, 0.15) is 11.9 Å². The van der Waals surface area contributed by atoms with Gasteiger partial charge in [-0.3, -0.25) is 0 Å². The summed E-state index contributed by atoms with van der Waals surface area (Å²) in [6.07, 6.45) is 2.39. The van der Waals surface area contributed by atoms with Crippen LogP contribution in [-0.2, 0) is 9.53 Å². The summed E-state index contributed by atoms with van der Waals surface area (Å²) in [4.78, 5) is 11.8. The summed E-state index contributed by atoms with van der Waals surface area (Å²) in [5.41, 5.74) is 1.54. The maximum atomic E-state index is 13.3. The maximum absolute atomic E-state index is 13.3. The summed E-state index contributed by atoms with van der Waals surface area (Å²) >= 11 is 0. The van der Waals surface area contributed by atoms with E-state index in [1.807, 2.05) is 6.92 Å². The van der Waals surface area contributed by atoms with E-state index in [-0.39, 0.29) is 11.8 Å². The van der Waals surface area contributed by atoms with Crippen LogP contribution < -0.4 is 5.32 Å². The Bertz CT molecular complexity index is 443. The number of carbonyl (C=O) groups is 1. The summed E-state index contributed by atoms with van der Waals surface area (Å²) in [6, 6.07) is 3.90. The first-order valence-corrected chi connectivity index (χ1v) is 6.19. The van der Waals surface area contributed by atoms with Gasteiger partial charge in [-0.1, -0.05) is 6.07 Å². The van der Waals surface area contributed by atoms with Crippen molar-refractivity contribution < 1.29 is 13.9 Å². The minimum Gasteiger partial charge on any atom is -0.468 e. The SMILES string of the molecule is COC(=O)C(NCC1CC1)c1cc(F)ccc1C. The summed E-state index contributed by atoms with van der Waals surface area (Å²) in [7, 11) is 1.35. The minimum atomic E-state index is -0.578. The van der Waals surface area contributed by atoms with E-state index in [0.717, 1.165) is 12.1 Å². The molecule has 2 rings (SSSR count). The molecule has 18 heavy (non-hydrogen) atoms. The second kappa shape index (κ2) is 5.48. The molecule has 1 aliphatic carbocycles. The van der Waals surface area contributed by atoms with Crippen LogP contribution in [0.4, 0.5) is 4.39 Å². The lowest BCUT2D eigenvalue weighted by atomic mass is 10.0. The molecule has 0 aliphatic heterocycles. The zero-order valence-electron chi connectivity index (χ0n) is 10.7. The van der Waals surface area contributed by atoms with Gasteiger partial charge in [0.05, 0.1) is 7.11 Å². The van der Waals surface area contributed by atoms with E-state index < -0.39 is 6.04 Å². The molecule has 0 aromatic heterocycles. The molecule has 1 atom stereocenters. The highest BCUT2D eigenvalue weighted by molar-refractivity contribution is 5.78. The molecule has 1 aliphatic rings. The number of esters is 1. The van der Waals surface area contributed by atoms with Crippen LogP contribution in [0.3, 0.4) is 0 Å². The van der Waals surface area contributed by atoms with Crippen LogP contribution in [0.1, 0.15) is 30.0 Å². The lowest BCUT2D eigenvalue weighted by molar-refractivity contribution is -0.143. The zero-order chi connectivity index (χ0) is 13.1. The molecule has 3 nitrogen and oxygen atoms in total. The molecule has 1 aromatic rings. The van der Waals surface area contributed by atoms with Gasteiger partial charge in [0, 0.05) is 0 Å². The molecule has 0 saturated heterocycles. The normalized spacial score (nSPS) is 16.4. The van der Waals surface area contributed by atoms with Crippen molar-refractivity contribution in [2.45, 2.75) is 25.8 Å². The molecule has 0 spiro atoms. The van der Waals surface area contributed by atoms with Gasteiger partial charge >= 0.3 is 5.97 Å². The van der Waals surface area contributed by atoms with Gasteiger partial charge in [-0.05, 0) is 55.5 Å². The average molecular weight is 251 g/mol. The van der Waals surface area contributed by atoms with Crippen molar-refractivity contribution in [2.24, 2.45) is 5.92 Å². The lowest BCUT2D eigenvalue weighted by Crippen LogP contribution is -2.31. The van der Waals surface area contributed by atoms with Crippen molar-refractivity contribution in [1.82, 2.24) is 5.32 Å². The number of halogens is 1. The van der Waals surface area contributed by atoms with Gasteiger partial charge in [0.15, 0.2) is 0 Å². The Morgan fingerprint density at radius 1 is 1.56 bits per heavy atom. The third-order valence-corrected chi connectivity index (χ3v) is 3.30. The third kappa shape index (κ3) is 3.07. The van der Waals surface area contributed by atoms with Crippen LogP contribution >= 0.6 is 0 Å². The van der Waals surface area contributed by atoms with Crippen LogP contribution in [0.25, 0.3) is 0 Å². The van der Waals surface area contributed by atoms with Crippen molar-refractivity contribution in [2.75, 3.05) is 13.7 Å². The van der Waals surface area contributed by atoms with Crippen molar-refractivity contribution in [3.05, 3.63) is 35.1 Å². The quantitative estimate of drug-likeness (QED) is 0.816. The molecule has 0 amide bonds. The van der Waals surface area contributed by atoms with Crippen LogP contribution in [0.15, 0.2) is 18.2 Å². The highest BCUT2D eigenvalue weighted by atomic mass is 19.1. The summed E-state index contributed by atoms with van der Waals surface area (Å²) in [5, 5.41) is 3.18. The standard InChI is InChI=1S/C14H18FNO2/c1-9-3-6-11(15)7-12(9)13(14(17)18-2)16-8-10-4-5-10/h3,6-7,10,13,16H,4-5,8H2,1-2H3. The molecule has 1 saturated carbocycles. The van der Waals surface area contributed by atoms with Crippen LogP contribution in [0, 0.1) is 18.7 Å². The molecule has 4 heteroatoms. The van der Waals surface area contributed by atoms with Gasteiger partial charge in [0.2, 0.25) is 0 Å². The molecule has 0 radical (unpaired) electrons. The molecular weight excluding hydrogens is 233 g/mol. The highest BCUT2D eigenvalue weighted by Crippen LogP contribution is 2.29. The first-order valence-electron chi connectivity index (χ1n) is 6.19. The molecular formula is C14H18FNO2. The Morgan fingerprint density at radius 3 is 2.89 bits per heavy atom. The monoisotopic (exact) mass is 251 g/mol. The van der Waals surface area contributed by atoms with Gasteiger partial charge in [-0.15, -0.1) is 0 Å². The maximum Gasteiger partial charge on any atom is 0.327 e. The first kappa shape index (κ1) is 13.0. The van der Waals surface area contributed by atoms with Crippen LogP contribution in [0.5, 0.6) is 0 Å². The minimum absolute atomic E-state index is 0.335. The fraction of sp³-hybridized carbons (Fsp3) is 0.500. The van der Waals surface area contributed by atoms with Gasteiger partial charge in [-0.25, -0.2) is 9.18 Å². The zero-order valence-corrected chi connectivity index (χ0v) is 10.7. The molecule has 98 valence electrons. The molecule has 1 N–H and O–H groups in total. The summed E-state index contributed by atoms with van der Waals surface area (Å²) in [5.74, 6) is -0.0619. The Labute approximate surface area is 106 Å². The predicted molar refractivity (Wildman–Crippen MR) is 66.6 cm³/mol. The molecule has 1 aromatic carbocycles. The fourth-order valence-electron chi connectivity index (χ4n) is 1.97.